The number of ketones is 1. The van der Waals surface area contributed by atoms with Gasteiger partial charge in [-0.25, -0.2) is 0 Å². The minimum Gasteiger partial charge on any atom is -0.299 e. The second-order valence-corrected chi connectivity index (χ2v) is 6.98. The van der Waals surface area contributed by atoms with Crippen molar-refractivity contribution in [1.29, 1.82) is 0 Å². The van der Waals surface area contributed by atoms with Crippen LogP contribution < -0.4 is 0 Å². The van der Waals surface area contributed by atoms with Crippen molar-refractivity contribution in [2.24, 2.45) is 40.9 Å². The third-order valence-corrected chi connectivity index (χ3v) is 6.05. The van der Waals surface area contributed by atoms with Gasteiger partial charge in [0.25, 0.3) is 0 Å². The van der Waals surface area contributed by atoms with E-state index in [9.17, 15) is 4.79 Å². The molecule has 90 valence electrons. The Balaban J connectivity index is 1.96. The highest BCUT2D eigenvalue weighted by Crippen LogP contribution is 2.77. The minimum atomic E-state index is 0.159. The Hall–Kier alpha value is -0.330. The molecule has 1 heteroatoms. The Bertz CT molecular complexity index is 332. The van der Waals surface area contributed by atoms with Crippen LogP contribution in [0.25, 0.3) is 0 Å². The maximum atomic E-state index is 12.4. The van der Waals surface area contributed by atoms with E-state index in [4.69, 9.17) is 0 Å². The van der Waals surface area contributed by atoms with Gasteiger partial charge in [0.15, 0.2) is 0 Å². The van der Waals surface area contributed by atoms with E-state index in [0.29, 0.717) is 17.6 Å². The van der Waals surface area contributed by atoms with Crippen molar-refractivity contribution in [2.75, 3.05) is 0 Å². The molecule has 6 atom stereocenters. The Morgan fingerprint density at radius 3 is 2.50 bits per heavy atom. The smallest absolute Gasteiger partial charge is 0.140 e. The predicted octanol–water partition coefficient (Wildman–Crippen LogP) is 3.53. The topological polar surface area (TPSA) is 17.1 Å². The summed E-state index contributed by atoms with van der Waals surface area (Å²) in [5.74, 6) is 5.05. The molecule has 3 unspecified atom stereocenters. The zero-order chi connectivity index (χ0) is 11.7. The van der Waals surface area contributed by atoms with Crippen LogP contribution in [0.3, 0.4) is 0 Å². The molecule has 0 aliphatic heterocycles. The van der Waals surface area contributed by atoms with Crippen LogP contribution in [0.2, 0.25) is 0 Å². The van der Waals surface area contributed by atoms with Crippen LogP contribution in [0.15, 0.2) is 0 Å². The molecule has 0 radical (unpaired) electrons. The summed E-state index contributed by atoms with van der Waals surface area (Å²) in [6, 6.07) is 0. The predicted molar refractivity (Wildman–Crippen MR) is 64.9 cm³/mol. The summed E-state index contributed by atoms with van der Waals surface area (Å²) >= 11 is 0. The molecule has 3 fully saturated rings. The van der Waals surface area contributed by atoms with Gasteiger partial charge in [-0.15, -0.1) is 0 Å². The summed E-state index contributed by atoms with van der Waals surface area (Å²) in [5, 5.41) is 0. The fourth-order valence-electron chi connectivity index (χ4n) is 5.42. The highest BCUT2D eigenvalue weighted by atomic mass is 16.1. The van der Waals surface area contributed by atoms with E-state index in [2.05, 4.69) is 27.7 Å². The summed E-state index contributed by atoms with van der Waals surface area (Å²) in [5.41, 5.74) is 0.159. The van der Waals surface area contributed by atoms with Crippen LogP contribution in [0.5, 0.6) is 0 Å². The number of rotatable bonds is 1. The van der Waals surface area contributed by atoms with E-state index in [1.807, 2.05) is 0 Å². The van der Waals surface area contributed by atoms with Crippen molar-refractivity contribution in [1.82, 2.24) is 0 Å². The lowest BCUT2D eigenvalue weighted by molar-refractivity contribution is -0.127. The molecule has 0 amide bonds. The molecule has 0 heterocycles. The zero-order valence-corrected chi connectivity index (χ0v) is 11.0. The van der Waals surface area contributed by atoms with Gasteiger partial charge in [-0.2, -0.15) is 0 Å². The molecule has 0 N–H and O–H groups in total. The summed E-state index contributed by atoms with van der Waals surface area (Å²) < 4.78 is 0. The number of Topliss-reactive ketones (excluding diaryl/α,β-unsaturated/α-hetero) is 1. The van der Waals surface area contributed by atoms with Gasteiger partial charge in [-0.05, 0) is 48.3 Å². The van der Waals surface area contributed by atoms with E-state index in [1.165, 1.54) is 12.8 Å². The fourth-order valence-corrected chi connectivity index (χ4v) is 5.42. The number of hydrogen-bond acceptors (Lipinski definition) is 1. The van der Waals surface area contributed by atoms with Crippen molar-refractivity contribution < 1.29 is 4.79 Å². The van der Waals surface area contributed by atoms with Gasteiger partial charge in [-0.3, -0.25) is 4.79 Å². The van der Waals surface area contributed by atoms with Crippen LogP contribution >= 0.6 is 0 Å². The van der Waals surface area contributed by atoms with E-state index < -0.39 is 0 Å². The highest BCUT2D eigenvalue weighted by Gasteiger charge is 2.78. The van der Waals surface area contributed by atoms with Crippen LogP contribution in [-0.2, 0) is 4.79 Å². The monoisotopic (exact) mass is 220 g/mol. The molecule has 0 saturated heterocycles. The van der Waals surface area contributed by atoms with Crippen LogP contribution in [-0.4, -0.2) is 5.78 Å². The van der Waals surface area contributed by atoms with Crippen molar-refractivity contribution in [3.8, 4) is 0 Å². The fraction of sp³-hybridized carbons (Fsp3) is 0.933. The normalized spacial score (nSPS) is 55.1. The molecule has 3 saturated carbocycles. The largest absolute Gasteiger partial charge is 0.299 e. The van der Waals surface area contributed by atoms with Gasteiger partial charge in [0.05, 0.1) is 0 Å². The second kappa shape index (κ2) is 3.11. The van der Waals surface area contributed by atoms with Gasteiger partial charge in [0.2, 0.25) is 0 Å². The molecule has 1 nitrogen and oxygen atoms in total. The first-order chi connectivity index (χ1) is 7.51. The van der Waals surface area contributed by atoms with E-state index in [1.54, 1.807) is 0 Å². The molecule has 16 heavy (non-hydrogen) atoms. The molecule has 3 aliphatic carbocycles. The molecule has 0 aromatic carbocycles. The van der Waals surface area contributed by atoms with Crippen molar-refractivity contribution in [3.05, 3.63) is 0 Å². The highest BCUT2D eigenvalue weighted by molar-refractivity contribution is 5.92. The van der Waals surface area contributed by atoms with Crippen molar-refractivity contribution >= 4 is 5.78 Å². The number of carbonyl (C=O) groups excluding carboxylic acids is 1. The van der Waals surface area contributed by atoms with Crippen molar-refractivity contribution in [3.63, 3.8) is 0 Å². The van der Waals surface area contributed by atoms with E-state index >= 15 is 0 Å². The molecule has 0 aromatic rings. The number of carbonyl (C=O) groups is 1. The van der Waals surface area contributed by atoms with Gasteiger partial charge in [0.1, 0.15) is 5.78 Å². The SMILES string of the molecule is CC(C)[C@H]1CCC(C)C23C(=O)CC(C)[C@H]2[C@H]13. The van der Waals surface area contributed by atoms with Gasteiger partial charge in [0, 0.05) is 11.8 Å². The van der Waals surface area contributed by atoms with E-state index in [-0.39, 0.29) is 5.41 Å². The first kappa shape index (κ1) is 10.8. The van der Waals surface area contributed by atoms with Gasteiger partial charge in [-0.1, -0.05) is 27.7 Å². The molecule has 3 aliphatic rings. The standard InChI is InChI=1S/C15H24O/c1-8(2)11-6-5-10(4)15-12(16)7-9(3)13(15)14(11)15/h8-11,13-14H,5-7H2,1-4H3/t9?,10?,11-,13+,14+,15?/m1/s1. The zero-order valence-electron chi connectivity index (χ0n) is 11.0. The Morgan fingerprint density at radius 2 is 1.88 bits per heavy atom. The molecule has 0 aromatic heterocycles. The Labute approximate surface area is 99.0 Å². The van der Waals surface area contributed by atoms with Crippen LogP contribution in [0.1, 0.15) is 47.0 Å². The quantitative estimate of drug-likeness (QED) is 0.660. The second-order valence-electron chi connectivity index (χ2n) is 6.98. The molecular weight excluding hydrogens is 196 g/mol. The maximum absolute atomic E-state index is 12.4. The molecule has 3 rings (SSSR count). The lowest BCUT2D eigenvalue weighted by atomic mass is 9.69. The maximum Gasteiger partial charge on any atom is 0.140 e. The molecule has 0 bridgehead atoms. The molecular formula is C15H24O. The lowest BCUT2D eigenvalue weighted by Crippen LogP contribution is -2.33. The van der Waals surface area contributed by atoms with Crippen LogP contribution in [0.4, 0.5) is 0 Å². The first-order valence-electron chi connectivity index (χ1n) is 7.04. The third kappa shape index (κ3) is 1.01. The summed E-state index contributed by atoms with van der Waals surface area (Å²) in [7, 11) is 0. The van der Waals surface area contributed by atoms with Crippen LogP contribution in [0, 0.1) is 40.9 Å². The number of hydrogen-bond donors (Lipinski definition) is 0. The first-order valence-corrected chi connectivity index (χ1v) is 7.04. The average Bonchev–Trinajstić information content (AvgIpc) is 2.82. The van der Waals surface area contributed by atoms with E-state index in [0.717, 1.165) is 30.1 Å². The average molecular weight is 220 g/mol. The summed E-state index contributed by atoms with van der Waals surface area (Å²) in [6.45, 7) is 9.33. The lowest BCUT2D eigenvalue weighted by Gasteiger charge is -2.34. The Morgan fingerprint density at radius 1 is 1.19 bits per heavy atom. The number of fused-ring (bicyclic) bond motifs is 1. The van der Waals surface area contributed by atoms with Gasteiger partial charge < -0.3 is 0 Å². The summed E-state index contributed by atoms with van der Waals surface area (Å²) in [6.07, 6.45) is 3.52. The van der Waals surface area contributed by atoms with Gasteiger partial charge >= 0.3 is 0 Å². The van der Waals surface area contributed by atoms with Crippen molar-refractivity contribution in [2.45, 2.75) is 47.0 Å². The minimum absolute atomic E-state index is 0.159. The summed E-state index contributed by atoms with van der Waals surface area (Å²) in [4.78, 5) is 12.4. The molecule has 1 spiro atoms. The third-order valence-electron chi connectivity index (χ3n) is 6.05. The Kier molecular flexibility index (Phi) is 2.10.